The van der Waals surface area contributed by atoms with E-state index in [1.54, 1.807) is 24.7 Å². The predicted octanol–water partition coefficient (Wildman–Crippen LogP) is 3.16. The number of carbonyl (C=O) groups is 1. The first-order valence-electron chi connectivity index (χ1n) is 8.08. The first-order valence-corrected chi connectivity index (χ1v) is 8.08. The zero-order valence-corrected chi connectivity index (χ0v) is 14.1. The fourth-order valence-electron chi connectivity index (χ4n) is 2.95. The minimum absolute atomic E-state index is 0.0994. The smallest absolute Gasteiger partial charge is 0.343 e. The van der Waals surface area contributed by atoms with Crippen molar-refractivity contribution in [1.82, 2.24) is 4.57 Å². The number of esters is 1. The van der Waals surface area contributed by atoms with E-state index < -0.39 is 5.97 Å². The van der Waals surface area contributed by atoms with Crippen LogP contribution in [0.25, 0.3) is 10.9 Å². The zero-order valence-electron chi connectivity index (χ0n) is 14.1. The van der Waals surface area contributed by atoms with E-state index >= 15 is 0 Å². The fourth-order valence-corrected chi connectivity index (χ4v) is 2.95. The topological polar surface area (TPSA) is 57.5 Å². The lowest BCUT2D eigenvalue weighted by atomic mass is 9.99. The number of aryl methyl sites for hydroxylation is 2. The number of nitrogens with zero attached hydrogens (tertiary/aromatic N) is 1. The predicted molar refractivity (Wildman–Crippen MR) is 90.4 cm³/mol. The summed E-state index contributed by atoms with van der Waals surface area (Å²) in [7, 11) is 1.63. The molecular weight excluding hydrogens is 294 g/mol. The molecule has 0 spiro atoms. The number of pyridine rings is 1. The lowest BCUT2D eigenvalue weighted by Gasteiger charge is -2.22. The Hall–Kier alpha value is -2.30. The molecule has 5 heteroatoms. The fraction of sp³-hybridized carbons (Fsp3) is 0.444. The van der Waals surface area contributed by atoms with Crippen LogP contribution in [-0.4, -0.2) is 24.3 Å². The van der Waals surface area contributed by atoms with Gasteiger partial charge in [0.2, 0.25) is 0 Å². The summed E-state index contributed by atoms with van der Waals surface area (Å²) in [6, 6.07) is 5.38. The van der Waals surface area contributed by atoms with Gasteiger partial charge >= 0.3 is 5.97 Å². The van der Waals surface area contributed by atoms with Crippen molar-refractivity contribution >= 4 is 16.9 Å². The third kappa shape index (κ3) is 2.96. The van der Waals surface area contributed by atoms with Crippen LogP contribution in [0, 0.1) is 0 Å². The number of methoxy groups -OCH3 is 1. The number of hydrogen-bond donors (Lipinski definition) is 0. The second-order valence-electron chi connectivity index (χ2n) is 5.02. The van der Waals surface area contributed by atoms with Crippen molar-refractivity contribution in [2.75, 3.05) is 13.7 Å². The van der Waals surface area contributed by atoms with Crippen LogP contribution in [0.3, 0.4) is 0 Å². The van der Waals surface area contributed by atoms with E-state index in [4.69, 9.17) is 9.47 Å². The monoisotopic (exact) mass is 317 g/mol. The number of hydrogen-bond acceptors (Lipinski definition) is 4. The van der Waals surface area contributed by atoms with E-state index in [2.05, 4.69) is 0 Å². The van der Waals surface area contributed by atoms with E-state index in [0.717, 1.165) is 35.1 Å². The largest absolute Gasteiger partial charge is 0.496 e. The van der Waals surface area contributed by atoms with Gasteiger partial charge in [0.05, 0.1) is 19.2 Å². The quantitative estimate of drug-likeness (QED) is 0.816. The molecular formula is C18H23NO4. The number of ether oxygens (including phenoxy) is 2. The van der Waals surface area contributed by atoms with Gasteiger partial charge in [-0.25, -0.2) is 4.79 Å². The van der Waals surface area contributed by atoms with Gasteiger partial charge in [-0.15, -0.1) is 0 Å². The van der Waals surface area contributed by atoms with Gasteiger partial charge in [-0.3, -0.25) is 4.79 Å². The van der Waals surface area contributed by atoms with E-state index in [1.807, 2.05) is 26.0 Å². The molecule has 0 aliphatic carbocycles. The third-order valence-electron chi connectivity index (χ3n) is 3.84. The molecule has 0 N–H and O–H groups in total. The van der Waals surface area contributed by atoms with Crippen molar-refractivity contribution in [3.05, 3.63) is 39.7 Å². The summed E-state index contributed by atoms with van der Waals surface area (Å²) < 4.78 is 12.0. The molecule has 0 amide bonds. The molecule has 0 atom stereocenters. The van der Waals surface area contributed by atoms with Crippen molar-refractivity contribution in [2.24, 2.45) is 0 Å². The normalized spacial score (nSPS) is 12.3. The summed E-state index contributed by atoms with van der Waals surface area (Å²) in [5.74, 6) is 0.232. The van der Waals surface area contributed by atoms with Gasteiger partial charge in [-0.05, 0) is 43.4 Å². The average Bonchev–Trinajstić information content (AvgIpc) is 2.60. The first-order chi connectivity index (χ1) is 11.2. The lowest BCUT2D eigenvalue weighted by molar-refractivity contribution is 0.0524. The minimum atomic E-state index is -0.559. The average molecular weight is 317 g/mol. The number of aromatic nitrogens is 1. The standard InChI is InChI=1S/C16H17NO4.C2H6/c1-3-21-16(19)12-9-10-6-7-13(20-2)11-5-4-8-17(14(10)11)15(12)18;1-2/h6-7,9H,3-5,8H2,1-2H3;1-2H3. The van der Waals surface area contributed by atoms with Gasteiger partial charge in [0.1, 0.15) is 11.3 Å². The molecule has 1 aliphatic rings. The van der Waals surface area contributed by atoms with Crippen LogP contribution in [-0.2, 0) is 17.7 Å². The molecule has 0 saturated heterocycles. The second kappa shape index (κ2) is 7.31. The van der Waals surface area contributed by atoms with E-state index in [9.17, 15) is 9.59 Å². The Labute approximate surface area is 135 Å². The van der Waals surface area contributed by atoms with E-state index in [-0.39, 0.29) is 17.7 Å². The Kier molecular flexibility index (Phi) is 5.42. The Morgan fingerprint density at radius 3 is 2.70 bits per heavy atom. The summed E-state index contributed by atoms with van der Waals surface area (Å²) in [4.78, 5) is 24.5. The second-order valence-corrected chi connectivity index (χ2v) is 5.02. The van der Waals surface area contributed by atoms with Crippen LogP contribution in [0.15, 0.2) is 23.0 Å². The molecule has 0 fully saturated rings. The van der Waals surface area contributed by atoms with Crippen LogP contribution < -0.4 is 10.3 Å². The molecule has 5 nitrogen and oxygen atoms in total. The van der Waals surface area contributed by atoms with Gasteiger partial charge in [-0.2, -0.15) is 0 Å². The Bertz CT molecular complexity index is 777. The van der Waals surface area contributed by atoms with Crippen LogP contribution >= 0.6 is 0 Å². The van der Waals surface area contributed by atoms with Crippen molar-refractivity contribution in [2.45, 2.75) is 40.2 Å². The highest BCUT2D eigenvalue weighted by atomic mass is 16.5. The maximum atomic E-state index is 12.5. The van der Waals surface area contributed by atoms with Gasteiger partial charge < -0.3 is 14.0 Å². The highest BCUT2D eigenvalue weighted by molar-refractivity contribution is 5.95. The third-order valence-corrected chi connectivity index (χ3v) is 3.84. The maximum Gasteiger partial charge on any atom is 0.343 e. The molecule has 23 heavy (non-hydrogen) atoms. The van der Waals surface area contributed by atoms with Gasteiger partial charge in [-0.1, -0.05) is 13.8 Å². The molecule has 2 aromatic rings. The van der Waals surface area contributed by atoms with Gasteiger partial charge in [0, 0.05) is 12.1 Å². The zero-order chi connectivity index (χ0) is 17.0. The molecule has 2 heterocycles. The summed E-state index contributed by atoms with van der Waals surface area (Å²) in [5.41, 5.74) is 1.73. The molecule has 0 bridgehead atoms. The van der Waals surface area contributed by atoms with Crippen LogP contribution in [0.4, 0.5) is 0 Å². The summed E-state index contributed by atoms with van der Waals surface area (Å²) >= 11 is 0. The van der Waals surface area contributed by atoms with Crippen LogP contribution in [0.2, 0.25) is 0 Å². The molecule has 124 valence electrons. The molecule has 1 aliphatic heterocycles. The van der Waals surface area contributed by atoms with E-state index in [0.29, 0.717) is 6.54 Å². The first kappa shape index (κ1) is 17.1. The highest BCUT2D eigenvalue weighted by Gasteiger charge is 2.22. The van der Waals surface area contributed by atoms with Crippen LogP contribution in [0.5, 0.6) is 5.75 Å². The highest BCUT2D eigenvalue weighted by Crippen LogP contribution is 2.31. The number of rotatable bonds is 3. The van der Waals surface area contributed by atoms with Crippen molar-refractivity contribution < 1.29 is 14.3 Å². The van der Waals surface area contributed by atoms with Gasteiger partial charge in [0.25, 0.3) is 5.56 Å². The molecule has 1 aromatic heterocycles. The van der Waals surface area contributed by atoms with Crippen molar-refractivity contribution in [3.63, 3.8) is 0 Å². The lowest BCUT2D eigenvalue weighted by Crippen LogP contribution is -2.30. The molecule has 0 saturated carbocycles. The summed E-state index contributed by atoms with van der Waals surface area (Å²) in [5, 5.41) is 0.869. The van der Waals surface area contributed by atoms with Crippen molar-refractivity contribution in [1.29, 1.82) is 0 Å². The molecule has 1 aromatic carbocycles. The van der Waals surface area contributed by atoms with Gasteiger partial charge in [0.15, 0.2) is 0 Å². The molecule has 0 unspecified atom stereocenters. The van der Waals surface area contributed by atoms with E-state index in [1.165, 1.54) is 0 Å². The summed E-state index contributed by atoms with van der Waals surface area (Å²) in [6.45, 7) is 6.59. The Morgan fingerprint density at radius 2 is 2.04 bits per heavy atom. The Balaban J connectivity index is 0.000000924. The summed E-state index contributed by atoms with van der Waals surface area (Å²) in [6.07, 6.45) is 1.73. The Morgan fingerprint density at radius 1 is 1.30 bits per heavy atom. The van der Waals surface area contributed by atoms with Crippen molar-refractivity contribution in [3.8, 4) is 5.75 Å². The SMILES string of the molecule is CC.CCOC(=O)c1cc2ccc(OC)c3c2n(c1=O)CCC3. The number of benzene rings is 1. The molecule has 0 radical (unpaired) electrons. The minimum Gasteiger partial charge on any atom is -0.496 e. The van der Waals surface area contributed by atoms with Crippen LogP contribution in [0.1, 0.15) is 43.1 Å². The molecule has 3 rings (SSSR count). The maximum absolute atomic E-state index is 12.5. The number of carbonyl (C=O) groups excluding carboxylic acids is 1.